The van der Waals surface area contributed by atoms with E-state index in [1.807, 2.05) is 25.2 Å². The van der Waals surface area contributed by atoms with Crippen LogP contribution in [0.25, 0.3) is 11.4 Å². The van der Waals surface area contributed by atoms with E-state index < -0.39 is 0 Å². The quantitative estimate of drug-likeness (QED) is 0.767. The zero-order chi connectivity index (χ0) is 11.1. The van der Waals surface area contributed by atoms with E-state index in [1.54, 1.807) is 4.68 Å². The Morgan fingerprint density at radius 1 is 1.38 bits per heavy atom. The zero-order valence-corrected chi connectivity index (χ0v) is 9.37. The van der Waals surface area contributed by atoms with Gasteiger partial charge in [-0.15, -0.1) is 0 Å². The van der Waals surface area contributed by atoms with Crippen molar-refractivity contribution in [1.82, 2.24) is 14.8 Å². The van der Waals surface area contributed by atoms with Crippen molar-refractivity contribution in [3.63, 3.8) is 0 Å². The van der Waals surface area contributed by atoms with Gasteiger partial charge >= 0.3 is 0 Å². The third-order valence-corrected chi connectivity index (χ3v) is 2.78. The second kappa shape index (κ2) is 3.34. The van der Waals surface area contributed by atoms with Crippen molar-refractivity contribution in [2.24, 2.45) is 7.05 Å². The van der Waals surface area contributed by atoms with Crippen molar-refractivity contribution in [3.8, 4) is 22.9 Å². The van der Waals surface area contributed by atoms with Crippen molar-refractivity contribution >= 4 is 12.2 Å². The molecule has 0 bridgehead atoms. The molecule has 82 valence electrons. The van der Waals surface area contributed by atoms with Gasteiger partial charge in [0.2, 0.25) is 11.6 Å². The maximum Gasteiger partial charge on any atom is 0.231 e. The fourth-order valence-corrected chi connectivity index (χ4v) is 1.71. The number of ether oxygens (including phenoxy) is 2. The lowest BCUT2D eigenvalue weighted by Gasteiger charge is -1.99. The molecule has 0 atom stereocenters. The van der Waals surface area contributed by atoms with E-state index in [9.17, 15) is 0 Å². The van der Waals surface area contributed by atoms with Gasteiger partial charge in [0.1, 0.15) is 0 Å². The van der Waals surface area contributed by atoms with E-state index in [0.717, 1.165) is 22.9 Å². The second-order valence-corrected chi connectivity index (χ2v) is 3.85. The Morgan fingerprint density at radius 3 is 2.94 bits per heavy atom. The Balaban J connectivity index is 2.10. The number of nitrogens with one attached hydrogen (secondary N) is 1. The molecule has 1 N–H and O–H groups in total. The van der Waals surface area contributed by atoms with Crippen molar-refractivity contribution in [2.45, 2.75) is 0 Å². The summed E-state index contributed by atoms with van der Waals surface area (Å²) < 4.78 is 12.8. The molecule has 1 aliphatic rings. The normalized spacial score (nSPS) is 13.1. The molecule has 0 radical (unpaired) electrons. The molecular weight excluding hydrogens is 226 g/mol. The van der Waals surface area contributed by atoms with Crippen LogP contribution >= 0.6 is 12.2 Å². The average Bonchev–Trinajstić information content (AvgIpc) is 2.85. The van der Waals surface area contributed by atoms with Gasteiger partial charge in [-0.1, -0.05) is 0 Å². The topological polar surface area (TPSA) is 52.1 Å². The number of hydrogen-bond acceptors (Lipinski definition) is 4. The molecule has 5 nitrogen and oxygen atoms in total. The first kappa shape index (κ1) is 9.41. The number of rotatable bonds is 1. The summed E-state index contributed by atoms with van der Waals surface area (Å²) in [4.78, 5) is 4.23. The van der Waals surface area contributed by atoms with Crippen LogP contribution in [0.4, 0.5) is 0 Å². The number of aryl methyl sites for hydroxylation is 1. The first-order valence-corrected chi connectivity index (χ1v) is 5.18. The fraction of sp³-hybridized carbons (Fsp3) is 0.200. The molecule has 0 fully saturated rings. The highest BCUT2D eigenvalue weighted by Crippen LogP contribution is 2.34. The molecule has 0 saturated carbocycles. The van der Waals surface area contributed by atoms with Gasteiger partial charge in [0, 0.05) is 12.6 Å². The molecule has 1 aliphatic heterocycles. The van der Waals surface area contributed by atoms with Gasteiger partial charge in [-0.3, -0.25) is 9.78 Å². The van der Waals surface area contributed by atoms with Crippen LogP contribution in [-0.2, 0) is 7.05 Å². The van der Waals surface area contributed by atoms with Crippen LogP contribution in [-0.4, -0.2) is 21.6 Å². The Morgan fingerprint density at radius 2 is 2.19 bits per heavy atom. The molecule has 1 aromatic carbocycles. The number of benzene rings is 1. The molecule has 0 amide bonds. The largest absolute Gasteiger partial charge is 0.454 e. The van der Waals surface area contributed by atoms with Gasteiger partial charge in [0.15, 0.2) is 17.3 Å². The number of nitrogens with zero attached hydrogens (tertiary/aromatic N) is 2. The van der Waals surface area contributed by atoms with Gasteiger partial charge in [0.25, 0.3) is 0 Å². The molecule has 0 aliphatic carbocycles. The molecule has 1 aromatic heterocycles. The summed E-state index contributed by atoms with van der Waals surface area (Å²) in [6.45, 7) is 0.275. The van der Waals surface area contributed by atoms with E-state index in [4.69, 9.17) is 21.7 Å². The third kappa shape index (κ3) is 1.38. The number of hydrogen-bond donors (Lipinski definition) is 1. The molecule has 0 saturated heterocycles. The van der Waals surface area contributed by atoms with Crippen molar-refractivity contribution in [2.75, 3.05) is 6.79 Å². The van der Waals surface area contributed by atoms with Crippen molar-refractivity contribution in [3.05, 3.63) is 23.0 Å². The summed E-state index contributed by atoms with van der Waals surface area (Å²) in [5.74, 6) is 2.23. The van der Waals surface area contributed by atoms with Crippen molar-refractivity contribution < 1.29 is 9.47 Å². The molecule has 6 heteroatoms. The van der Waals surface area contributed by atoms with Gasteiger partial charge < -0.3 is 9.47 Å². The standard InChI is InChI=1S/C10H9N3O2S/c1-13-10(16)11-9(12-13)6-2-3-7-8(4-6)15-5-14-7/h2-4H,5H2,1H3,(H,11,12,16). The van der Waals surface area contributed by atoms with Crippen LogP contribution in [0.5, 0.6) is 11.5 Å². The minimum atomic E-state index is 0.275. The zero-order valence-electron chi connectivity index (χ0n) is 8.56. The summed E-state index contributed by atoms with van der Waals surface area (Å²) in [6.07, 6.45) is 0. The Labute approximate surface area is 96.6 Å². The maximum atomic E-state index is 5.30. The van der Waals surface area contributed by atoms with Crippen LogP contribution < -0.4 is 9.47 Å². The number of aromatic nitrogens is 3. The highest BCUT2D eigenvalue weighted by Gasteiger charge is 2.14. The van der Waals surface area contributed by atoms with E-state index in [1.165, 1.54) is 0 Å². The summed E-state index contributed by atoms with van der Waals surface area (Å²) >= 11 is 5.04. The van der Waals surface area contributed by atoms with Gasteiger partial charge in [-0.05, 0) is 30.4 Å². The number of fused-ring (bicyclic) bond motifs is 1. The first-order chi connectivity index (χ1) is 7.74. The third-order valence-electron chi connectivity index (χ3n) is 2.41. The van der Waals surface area contributed by atoms with Crippen LogP contribution in [0, 0.1) is 4.77 Å². The maximum absolute atomic E-state index is 5.30. The monoisotopic (exact) mass is 235 g/mol. The minimum Gasteiger partial charge on any atom is -0.454 e. The minimum absolute atomic E-state index is 0.275. The predicted octanol–water partition coefficient (Wildman–Crippen LogP) is 1.87. The number of H-pyrrole nitrogens is 1. The molecule has 2 heterocycles. The molecule has 3 rings (SSSR count). The van der Waals surface area contributed by atoms with Gasteiger partial charge in [-0.25, -0.2) is 0 Å². The predicted molar refractivity (Wildman–Crippen MR) is 60.0 cm³/mol. The lowest BCUT2D eigenvalue weighted by Crippen LogP contribution is -1.92. The van der Waals surface area contributed by atoms with Crippen LogP contribution in [0.3, 0.4) is 0 Å². The summed E-state index contributed by atoms with van der Waals surface area (Å²) in [7, 11) is 1.83. The molecule has 0 unspecified atom stereocenters. The van der Waals surface area contributed by atoms with E-state index in [-0.39, 0.29) is 6.79 Å². The van der Waals surface area contributed by atoms with Crippen LogP contribution in [0.1, 0.15) is 0 Å². The van der Waals surface area contributed by atoms with E-state index in [0.29, 0.717) is 4.77 Å². The van der Waals surface area contributed by atoms with Crippen molar-refractivity contribution in [1.29, 1.82) is 0 Å². The average molecular weight is 235 g/mol. The Bertz CT molecular complexity index is 602. The van der Waals surface area contributed by atoms with E-state index in [2.05, 4.69) is 10.1 Å². The highest BCUT2D eigenvalue weighted by atomic mass is 32.1. The first-order valence-electron chi connectivity index (χ1n) is 4.77. The molecule has 16 heavy (non-hydrogen) atoms. The number of aromatic amines is 1. The smallest absolute Gasteiger partial charge is 0.231 e. The lowest BCUT2D eigenvalue weighted by molar-refractivity contribution is 0.174. The van der Waals surface area contributed by atoms with Gasteiger partial charge in [0.05, 0.1) is 0 Å². The molecule has 0 spiro atoms. The highest BCUT2D eigenvalue weighted by molar-refractivity contribution is 7.71. The SMILES string of the molecule is Cn1[nH]c(-c2ccc3c(c2)OCO3)nc1=S. The summed E-state index contributed by atoms with van der Waals surface area (Å²) in [5.41, 5.74) is 0.927. The van der Waals surface area contributed by atoms with E-state index >= 15 is 0 Å². The summed E-state index contributed by atoms with van der Waals surface area (Å²) in [5, 5.41) is 3.06. The molecule has 2 aromatic rings. The molecular formula is C10H9N3O2S. The summed E-state index contributed by atoms with van der Waals surface area (Å²) in [6, 6.07) is 5.67. The Kier molecular flexibility index (Phi) is 1.97. The van der Waals surface area contributed by atoms with Crippen LogP contribution in [0.15, 0.2) is 18.2 Å². The second-order valence-electron chi connectivity index (χ2n) is 3.48. The van der Waals surface area contributed by atoms with Crippen LogP contribution in [0.2, 0.25) is 0 Å². The Hall–Kier alpha value is -1.82. The lowest BCUT2D eigenvalue weighted by atomic mass is 10.2. The van der Waals surface area contributed by atoms with Gasteiger partial charge in [-0.2, -0.15) is 4.98 Å². The fourth-order valence-electron chi connectivity index (χ4n) is 1.58.